The normalized spacial score (nSPS) is 22.1. The van der Waals surface area contributed by atoms with E-state index in [-0.39, 0.29) is 5.91 Å². The van der Waals surface area contributed by atoms with Crippen molar-refractivity contribution >= 4 is 5.91 Å². The number of H-pyrrole nitrogens is 1. The van der Waals surface area contributed by atoms with Gasteiger partial charge in [-0.25, -0.2) is 9.97 Å². The Bertz CT molecular complexity index is 709. The lowest BCUT2D eigenvalue weighted by atomic mass is 10.2. The van der Waals surface area contributed by atoms with Gasteiger partial charge in [-0.05, 0) is 12.8 Å². The Balaban J connectivity index is 1.37. The predicted octanol–water partition coefficient (Wildman–Crippen LogP) is 0.189. The Labute approximate surface area is 146 Å². The van der Waals surface area contributed by atoms with E-state index >= 15 is 0 Å². The fourth-order valence-electron chi connectivity index (χ4n) is 3.43. The Hall–Kier alpha value is -2.19. The number of carbonyl (C=O) groups excluding carboxylic acids is 1. The molecule has 2 fully saturated rings. The predicted molar refractivity (Wildman–Crippen MR) is 90.7 cm³/mol. The molecule has 1 aliphatic carbocycles. The molecule has 2 N–H and O–H groups in total. The number of nitrogens with one attached hydrogen (secondary N) is 1. The molecule has 3 heterocycles. The minimum Gasteiger partial charge on any atom is -0.390 e. The standard InChI is InChI=1S/C17H24N6O2/c24-15-9-21(11-16-19-3-4-23(16)14-1-2-14)5-6-22(10-15)17(25)7-13-8-18-12-20-13/h3-4,8,12,14-15,24H,1-2,5-7,9-11H2,(H,18,20). The molecule has 0 bridgehead atoms. The van der Waals surface area contributed by atoms with Crippen molar-refractivity contribution < 1.29 is 9.90 Å². The Kier molecular flexibility index (Phi) is 4.54. The van der Waals surface area contributed by atoms with Crippen LogP contribution >= 0.6 is 0 Å². The summed E-state index contributed by atoms with van der Waals surface area (Å²) in [5, 5.41) is 10.3. The Morgan fingerprint density at radius 1 is 1.32 bits per heavy atom. The van der Waals surface area contributed by atoms with E-state index < -0.39 is 6.10 Å². The molecule has 2 aromatic rings. The minimum absolute atomic E-state index is 0.0182. The Morgan fingerprint density at radius 2 is 2.20 bits per heavy atom. The van der Waals surface area contributed by atoms with Gasteiger partial charge < -0.3 is 19.6 Å². The quantitative estimate of drug-likeness (QED) is 0.808. The van der Waals surface area contributed by atoms with Gasteiger partial charge >= 0.3 is 0 Å². The van der Waals surface area contributed by atoms with Crippen LogP contribution in [-0.4, -0.2) is 72.6 Å². The van der Waals surface area contributed by atoms with Crippen LogP contribution in [0.2, 0.25) is 0 Å². The number of rotatable bonds is 5. The molecule has 1 atom stereocenters. The molecule has 134 valence electrons. The molecule has 2 aromatic heterocycles. The zero-order chi connectivity index (χ0) is 17.2. The van der Waals surface area contributed by atoms with Crippen LogP contribution in [0.4, 0.5) is 0 Å². The highest BCUT2D eigenvalue weighted by Crippen LogP contribution is 2.35. The third kappa shape index (κ3) is 3.91. The van der Waals surface area contributed by atoms with Crippen molar-refractivity contribution in [3.8, 4) is 0 Å². The molecular formula is C17H24N6O2. The van der Waals surface area contributed by atoms with Crippen LogP contribution < -0.4 is 0 Å². The number of imidazole rings is 2. The molecular weight excluding hydrogens is 320 g/mol. The molecule has 1 unspecified atom stereocenters. The van der Waals surface area contributed by atoms with E-state index in [0.717, 1.165) is 18.1 Å². The summed E-state index contributed by atoms with van der Waals surface area (Å²) in [7, 11) is 0. The number of β-amino-alcohol motifs (C(OH)–C–C–N with tert-alkyl or cyclic N) is 1. The highest BCUT2D eigenvalue weighted by atomic mass is 16.3. The first-order valence-electron chi connectivity index (χ1n) is 8.86. The van der Waals surface area contributed by atoms with Gasteiger partial charge in [-0.1, -0.05) is 0 Å². The van der Waals surface area contributed by atoms with Crippen molar-refractivity contribution in [3.63, 3.8) is 0 Å². The fraction of sp³-hybridized carbons (Fsp3) is 0.588. The van der Waals surface area contributed by atoms with Gasteiger partial charge in [0.05, 0.1) is 25.4 Å². The number of carbonyl (C=O) groups is 1. The third-order valence-corrected chi connectivity index (χ3v) is 4.89. The zero-order valence-electron chi connectivity index (χ0n) is 14.2. The van der Waals surface area contributed by atoms with E-state index in [2.05, 4.69) is 24.4 Å². The SMILES string of the molecule is O=C(Cc1cnc[nH]1)N1CCN(Cc2nccn2C2CC2)CC(O)C1. The van der Waals surface area contributed by atoms with Crippen molar-refractivity contribution in [1.29, 1.82) is 0 Å². The number of hydrogen-bond donors (Lipinski definition) is 2. The average molecular weight is 344 g/mol. The third-order valence-electron chi connectivity index (χ3n) is 4.89. The van der Waals surface area contributed by atoms with Crippen molar-refractivity contribution in [1.82, 2.24) is 29.3 Å². The summed E-state index contributed by atoms with van der Waals surface area (Å²) < 4.78 is 2.25. The fourth-order valence-corrected chi connectivity index (χ4v) is 3.43. The van der Waals surface area contributed by atoms with Gasteiger partial charge in [0, 0.05) is 56.5 Å². The molecule has 2 aliphatic rings. The number of aliphatic hydroxyl groups is 1. The Morgan fingerprint density at radius 3 is 2.96 bits per heavy atom. The molecule has 1 aliphatic heterocycles. The van der Waals surface area contributed by atoms with E-state index in [9.17, 15) is 9.90 Å². The molecule has 8 nitrogen and oxygen atoms in total. The van der Waals surface area contributed by atoms with Crippen LogP contribution in [0.1, 0.15) is 30.4 Å². The monoisotopic (exact) mass is 344 g/mol. The van der Waals surface area contributed by atoms with E-state index in [4.69, 9.17) is 0 Å². The van der Waals surface area contributed by atoms with Crippen molar-refractivity contribution in [3.05, 3.63) is 36.4 Å². The summed E-state index contributed by atoms with van der Waals surface area (Å²) in [5.74, 6) is 1.07. The summed E-state index contributed by atoms with van der Waals surface area (Å²) >= 11 is 0. The molecule has 1 saturated heterocycles. The number of amides is 1. The van der Waals surface area contributed by atoms with Gasteiger partial charge in [-0.3, -0.25) is 9.69 Å². The van der Waals surface area contributed by atoms with Crippen LogP contribution in [0.15, 0.2) is 24.9 Å². The van der Waals surface area contributed by atoms with Crippen molar-refractivity contribution in [2.24, 2.45) is 0 Å². The van der Waals surface area contributed by atoms with Gasteiger partial charge in [0.15, 0.2) is 0 Å². The van der Waals surface area contributed by atoms with Crippen LogP contribution in [0.5, 0.6) is 0 Å². The van der Waals surface area contributed by atoms with Crippen LogP contribution in [0, 0.1) is 0 Å². The molecule has 0 aromatic carbocycles. The molecule has 4 rings (SSSR count). The number of aromatic amines is 1. The van der Waals surface area contributed by atoms with Crippen LogP contribution in [0.25, 0.3) is 0 Å². The van der Waals surface area contributed by atoms with Crippen molar-refractivity contribution in [2.75, 3.05) is 26.2 Å². The largest absolute Gasteiger partial charge is 0.390 e. The first-order chi connectivity index (χ1) is 12.2. The maximum atomic E-state index is 12.5. The summed E-state index contributed by atoms with van der Waals surface area (Å²) in [6, 6.07) is 0.599. The topological polar surface area (TPSA) is 90.3 Å². The molecule has 25 heavy (non-hydrogen) atoms. The van der Waals surface area contributed by atoms with Crippen LogP contribution in [0.3, 0.4) is 0 Å². The van der Waals surface area contributed by atoms with Gasteiger partial charge in [0.2, 0.25) is 5.91 Å². The number of hydrogen-bond acceptors (Lipinski definition) is 5. The number of aromatic nitrogens is 4. The molecule has 1 amide bonds. The van der Waals surface area contributed by atoms with E-state index in [0.29, 0.717) is 38.6 Å². The second-order valence-electron chi connectivity index (χ2n) is 6.96. The average Bonchev–Trinajstić information content (AvgIpc) is 3.17. The second kappa shape index (κ2) is 6.97. The maximum absolute atomic E-state index is 12.5. The second-order valence-corrected chi connectivity index (χ2v) is 6.96. The molecule has 0 spiro atoms. The summed E-state index contributed by atoms with van der Waals surface area (Å²) in [5.41, 5.74) is 0.798. The van der Waals surface area contributed by atoms with Crippen LogP contribution in [-0.2, 0) is 17.8 Å². The number of aliphatic hydroxyl groups excluding tert-OH is 1. The lowest BCUT2D eigenvalue weighted by Gasteiger charge is -2.21. The van der Waals surface area contributed by atoms with E-state index in [1.54, 1.807) is 17.4 Å². The highest BCUT2D eigenvalue weighted by Gasteiger charge is 2.28. The van der Waals surface area contributed by atoms with Gasteiger partial charge in [0.25, 0.3) is 0 Å². The summed E-state index contributed by atoms with van der Waals surface area (Å²) in [6.07, 6.45) is 9.32. The number of nitrogens with zero attached hydrogens (tertiary/aromatic N) is 5. The summed E-state index contributed by atoms with van der Waals surface area (Å²) in [4.78, 5) is 27.8. The van der Waals surface area contributed by atoms with Gasteiger partial charge in [-0.15, -0.1) is 0 Å². The summed E-state index contributed by atoms with van der Waals surface area (Å²) in [6.45, 7) is 3.01. The zero-order valence-corrected chi connectivity index (χ0v) is 14.2. The maximum Gasteiger partial charge on any atom is 0.228 e. The molecule has 8 heteroatoms. The van der Waals surface area contributed by atoms with Crippen molar-refractivity contribution in [2.45, 2.75) is 38.0 Å². The lowest BCUT2D eigenvalue weighted by Crippen LogP contribution is -2.38. The van der Waals surface area contributed by atoms with E-state index in [1.165, 1.54) is 12.8 Å². The molecule has 0 radical (unpaired) electrons. The minimum atomic E-state index is -0.544. The van der Waals surface area contributed by atoms with Gasteiger partial charge in [0.1, 0.15) is 5.82 Å². The lowest BCUT2D eigenvalue weighted by molar-refractivity contribution is -0.131. The van der Waals surface area contributed by atoms with Gasteiger partial charge in [-0.2, -0.15) is 0 Å². The smallest absolute Gasteiger partial charge is 0.228 e. The van der Waals surface area contributed by atoms with E-state index in [1.807, 2.05) is 12.4 Å². The molecule has 1 saturated carbocycles. The first-order valence-corrected chi connectivity index (χ1v) is 8.86. The highest BCUT2D eigenvalue weighted by molar-refractivity contribution is 5.78. The first kappa shape index (κ1) is 16.3.